The first-order chi connectivity index (χ1) is 9.74. The number of hydrogen-bond donors (Lipinski definition) is 0. The van der Waals surface area contributed by atoms with Gasteiger partial charge in [-0.1, -0.05) is 6.08 Å². The summed E-state index contributed by atoms with van der Waals surface area (Å²) in [6.07, 6.45) is 4.54. The molecule has 3 rings (SSSR count). The molecule has 0 atom stereocenters. The molecule has 2 aliphatic rings. The van der Waals surface area contributed by atoms with Gasteiger partial charge < -0.3 is 14.7 Å². The van der Waals surface area contributed by atoms with E-state index in [0.29, 0.717) is 0 Å². The Morgan fingerprint density at radius 3 is 2.20 bits per heavy atom. The van der Waals surface area contributed by atoms with Crippen LogP contribution in [0.4, 0.5) is 11.4 Å². The zero-order valence-electron chi connectivity index (χ0n) is 12.0. The zero-order valence-corrected chi connectivity index (χ0v) is 12.0. The molecule has 4 heteroatoms. The first-order valence-electron chi connectivity index (χ1n) is 7.25. The van der Waals surface area contributed by atoms with Crippen LogP contribution in [0.25, 0.3) is 0 Å². The predicted octanol–water partition coefficient (Wildman–Crippen LogP) is 1.73. The van der Waals surface area contributed by atoms with Crippen molar-refractivity contribution in [1.29, 1.82) is 0 Å². The number of carbonyl (C=O) groups excluding carboxylic acids is 1. The van der Waals surface area contributed by atoms with Gasteiger partial charge in [-0.05, 0) is 43.8 Å². The van der Waals surface area contributed by atoms with Crippen molar-refractivity contribution < 1.29 is 4.79 Å². The highest BCUT2D eigenvalue weighted by Gasteiger charge is 2.17. The molecule has 0 aromatic heterocycles. The normalized spacial score (nSPS) is 20.6. The second-order valence-electron chi connectivity index (χ2n) is 5.49. The molecule has 0 N–H and O–H groups in total. The molecule has 2 heterocycles. The first kappa shape index (κ1) is 13.2. The minimum absolute atomic E-state index is 0.0867. The molecule has 1 fully saturated rings. The lowest BCUT2D eigenvalue weighted by Gasteiger charge is -2.34. The van der Waals surface area contributed by atoms with Gasteiger partial charge in [0.15, 0.2) is 0 Å². The molecule has 106 valence electrons. The van der Waals surface area contributed by atoms with Crippen LogP contribution in [0.3, 0.4) is 0 Å². The van der Waals surface area contributed by atoms with Gasteiger partial charge in [-0.15, -0.1) is 0 Å². The summed E-state index contributed by atoms with van der Waals surface area (Å²) in [5.41, 5.74) is 2.25. The molecule has 0 aliphatic carbocycles. The van der Waals surface area contributed by atoms with Crippen LogP contribution in [-0.4, -0.2) is 50.6 Å². The lowest BCUT2D eigenvalue weighted by Crippen LogP contribution is -2.44. The van der Waals surface area contributed by atoms with E-state index in [2.05, 4.69) is 41.1 Å². The van der Waals surface area contributed by atoms with Gasteiger partial charge in [0.1, 0.15) is 0 Å². The lowest BCUT2D eigenvalue weighted by molar-refractivity contribution is -0.114. The number of anilines is 2. The highest BCUT2D eigenvalue weighted by molar-refractivity contribution is 6.02. The molecular formula is C16H21N3O. The summed E-state index contributed by atoms with van der Waals surface area (Å²) in [5.74, 6) is 0.0867. The van der Waals surface area contributed by atoms with Gasteiger partial charge in [-0.2, -0.15) is 0 Å². The van der Waals surface area contributed by atoms with Crippen LogP contribution in [0.5, 0.6) is 0 Å². The summed E-state index contributed by atoms with van der Waals surface area (Å²) < 4.78 is 0. The molecule has 2 aliphatic heterocycles. The van der Waals surface area contributed by atoms with Crippen molar-refractivity contribution >= 4 is 17.3 Å². The summed E-state index contributed by atoms with van der Waals surface area (Å²) in [7, 11) is 2.16. The monoisotopic (exact) mass is 271 g/mol. The molecule has 0 radical (unpaired) electrons. The Morgan fingerprint density at radius 2 is 1.55 bits per heavy atom. The highest BCUT2D eigenvalue weighted by Crippen LogP contribution is 2.23. The molecule has 0 unspecified atom stereocenters. The molecule has 0 saturated carbocycles. The minimum Gasteiger partial charge on any atom is -0.369 e. The quantitative estimate of drug-likeness (QED) is 0.819. The number of likely N-dealkylation sites (N-methyl/N-ethyl adjacent to an activating group) is 1. The Hall–Kier alpha value is -1.81. The third-order valence-corrected chi connectivity index (χ3v) is 4.08. The van der Waals surface area contributed by atoms with E-state index < -0.39 is 0 Å². The Kier molecular flexibility index (Phi) is 3.74. The molecule has 1 amide bonds. The Labute approximate surface area is 120 Å². The smallest absolute Gasteiger partial charge is 0.250 e. The number of rotatable bonds is 2. The molecule has 0 bridgehead atoms. The van der Waals surface area contributed by atoms with E-state index >= 15 is 0 Å². The van der Waals surface area contributed by atoms with Crippen molar-refractivity contribution in [1.82, 2.24) is 4.90 Å². The predicted molar refractivity (Wildman–Crippen MR) is 82.3 cm³/mol. The van der Waals surface area contributed by atoms with Crippen LogP contribution in [-0.2, 0) is 4.79 Å². The lowest BCUT2D eigenvalue weighted by atomic mass is 10.2. The SMILES string of the molecule is CN1CCN(c2ccc(N3CCC=CC3=O)cc2)CC1. The second-order valence-corrected chi connectivity index (χ2v) is 5.49. The first-order valence-corrected chi connectivity index (χ1v) is 7.25. The van der Waals surface area contributed by atoms with E-state index in [1.165, 1.54) is 5.69 Å². The van der Waals surface area contributed by atoms with E-state index in [9.17, 15) is 4.79 Å². The van der Waals surface area contributed by atoms with Gasteiger partial charge in [-0.3, -0.25) is 4.79 Å². The van der Waals surface area contributed by atoms with Crippen molar-refractivity contribution in [2.24, 2.45) is 0 Å². The van der Waals surface area contributed by atoms with Gasteiger partial charge in [0, 0.05) is 44.1 Å². The van der Waals surface area contributed by atoms with Crippen molar-refractivity contribution in [2.45, 2.75) is 6.42 Å². The number of piperazine rings is 1. The number of benzene rings is 1. The third kappa shape index (κ3) is 2.70. The maximum atomic E-state index is 11.8. The summed E-state index contributed by atoms with van der Waals surface area (Å²) >= 11 is 0. The maximum Gasteiger partial charge on any atom is 0.250 e. The Morgan fingerprint density at radius 1 is 0.900 bits per heavy atom. The number of hydrogen-bond acceptors (Lipinski definition) is 3. The largest absolute Gasteiger partial charge is 0.369 e. The van der Waals surface area contributed by atoms with Gasteiger partial charge in [-0.25, -0.2) is 0 Å². The third-order valence-electron chi connectivity index (χ3n) is 4.08. The summed E-state index contributed by atoms with van der Waals surface area (Å²) in [4.78, 5) is 18.4. The molecule has 20 heavy (non-hydrogen) atoms. The molecule has 0 spiro atoms. The molecule has 1 aromatic carbocycles. The van der Waals surface area contributed by atoms with E-state index in [1.807, 2.05) is 11.0 Å². The van der Waals surface area contributed by atoms with Crippen molar-refractivity contribution in [3.8, 4) is 0 Å². The van der Waals surface area contributed by atoms with Crippen molar-refractivity contribution in [2.75, 3.05) is 49.6 Å². The van der Waals surface area contributed by atoms with E-state index in [-0.39, 0.29) is 5.91 Å². The number of nitrogens with zero attached hydrogens (tertiary/aromatic N) is 3. The standard InChI is InChI=1S/C16H21N3O/c1-17-10-12-18(13-11-17)14-5-7-15(8-6-14)19-9-3-2-4-16(19)20/h2,4-8H,3,9-13H2,1H3. The summed E-state index contributed by atoms with van der Waals surface area (Å²) in [6, 6.07) is 8.38. The fourth-order valence-electron chi connectivity index (χ4n) is 2.75. The summed E-state index contributed by atoms with van der Waals surface area (Å²) in [6.45, 7) is 5.14. The van der Waals surface area contributed by atoms with E-state index in [4.69, 9.17) is 0 Å². The molecule has 1 saturated heterocycles. The van der Waals surface area contributed by atoms with E-state index in [0.717, 1.165) is 44.8 Å². The average molecular weight is 271 g/mol. The van der Waals surface area contributed by atoms with Gasteiger partial charge in [0.05, 0.1) is 0 Å². The Balaban J connectivity index is 1.71. The van der Waals surface area contributed by atoms with Crippen LogP contribution in [0.15, 0.2) is 36.4 Å². The van der Waals surface area contributed by atoms with Gasteiger partial charge in [0.2, 0.25) is 0 Å². The maximum absolute atomic E-state index is 11.8. The molecular weight excluding hydrogens is 250 g/mol. The van der Waals surface area contributed by atoms with Crippen LogP contribution >= 0.6 is 0 Å². The zero-order chi connectivity index (χ0) is 13.9. The summed E-state index contributed by atoms with van der Waals surface area (Å²) in [5, 5.41) is 0. The highest BCUT2D eigenvalue weighted by atomic mass is 16.2. The average Bonchev–Trinajstić information content (AvgIpc) is 2.49. The fraction of sp³-hybridized carbons (Fsp3) is 0.438. The molecule has 4 nitrogen and oxygen atoms in total. The Bertz CT molecular complexity index is 501. The fourth-order valence-corrected chi connectivity index (χ4v) is 2.75. The topological polar surface area (TPSA) is 26.8 Å². The van der Waals surface area contributed by atoms with Gasteiger partial charge >= 0.3 is 0 Å². The number of carbonyl (C=O) groups is 1. The second kappa shape index (κ2) is 5.67. The van der Waals surface area contributed by atoms with Crippen LogP contribution in [0.1, 0.15) is 6.42 Å². The number of amides is 1. The van der Waals surface area contributed by atoms with Crippen molar-refractivity contribution in [3.05, 3.63) is 36.4 Å². The van der Waals surface area contributed by atoms with Crippen LogP contribution in [0.2, 0.25) is 0 Å². The minimum atomic E-state index is 0.0867. The molecule has 1 aromatic rings. The van der Waals surface area contributed by atoms with Crippen molar-refractivity contribution in [3.63, 3.8) is 0 Å². The van der Waals surface area contributed by atoms with Crippen LogP contribution in [0, 0.1) is 0 Å². The van der Waals surface area contributed by atoms with Gasteiger partial charge in [0.25, 0.3) is 5.91 Å². The van der Waals surface area contributed by atoms with E-state index in [1.54, 1.807) is 6.08 Å². The van der Waals surface area contributed by atoms with Crippen LogP contribution < -0.4 is 9.80 Å².